The average molecular weight is 492 g/mol. The molecule has 3 N–H and O–H groups in total. The molecule has 0 unspecified atom stereocenters. The van der Waals surface area contributed by atoms with Gasteiger partial charge < -0.3 is 14.6 Å². The zero-order valence-corrected chi connectivity index (χ0v) is 19.2. The molecule has 2 atom stereocenters. The number of rotatable bonds is 11. The van der Waals surface area contributed by atoms with E-state index in [0.29, 0.717) is 24.3 Å². The molecule has 35 heavy (non-hydrogen) atoms. The zero-order valence-electron chi connectivity index (χ0n) is 19.2. The lowest BCUT2D eigenvalue weighted by Crippen LogP contribution is -2.55. The predicted octanol–water partition coefficient (Wildman–Crippen LogP) is 3.64. The van der Waals surface area contributed by atoms with Gasteiger partial charge in [-0.15, -0.1) is 0 Å². The second kappa shape index (κ2) is 11.9. The number of ether oxygens (including phenoxy) is 2. The van der Waals surface area contributed by atoms with Gasteiger partial charge in [-0.2, -0.15) is 13.2 Å². The zero-order chi connectivity index (χ0) is 25.3. The lowest BCUT2D eigenvalue weighted by Gasteiger charge is -2.27. The van der Waals surface area contributed by atoms with Gasteiger partial charge in [0.2, 0.25) is 5.90 Å². The highest BCUT2D eigenvalue weighted by atomic mass is 19.4. The van der Waals surface area contributed by atoms with Crippen LogP contribution in [-0.4, -0.2) is 54.5 Å². The monoisotopic (exact) mass is 491 g/mol. The highest BCUT2D eigenvalue weighted by Gasteiger charge is 2.49. The Balaban J connectivity index is 1.82. The molecule has 0 aromatic heterocycles. The number of aliphatic hydroxyl groups is 1. The molecule has 1 aliphatic heterocycles. The Labute approximate surface area is 201 Å². The molecule has 2 aromatic carbocycles. The van der Waals surface area contributed by atoms with E-state index in [-0.39, 0.29) is 18.9 Å². The lowest BCUT2D eigenvalue weighted by atomic mass is 9.89. The van der Waals surface area contributed by atoms with Crippen LogP contribution in [0.4, 0.5) is 13.2 Å². The number of amides is 1. The van der Waals surface area contributed by atoms with E-state index in [0.717, 1.165) is 5.56 Å². The number of benzene rings is 2. The molecule has 0 aliphatic carbocycles. The molecule has 0 bridgehead atoms. The van der Waals surface area contributed by atoms with Crippen molar-refractivity contribution in [3.8, 4) is 5.75 Å². The highest BCUT2D eigenvalue weighted by molar-refractivity contribution is 6.00. The van der Waals surface area contributed by atoms with Gasteiger partial charge in [-0.3, -0.25) is 10.2 Å². The first-order chi connectivity index (χ1) is 16.7. The van der Waals surface area contributed by atoms with Crippen LogP contribution < -0.4 is 15.6 Å². The Kier molecular flexibility index (Phi) is 8.89. The second-order valence-electron chi connectivity index (χ2n) is 7.99. The Morgan fingerprint density at radius 3 is 2.57 bits per heavy atom. The van der Waals surface area contributed by atoms with Crippen LogP contribution in [0.15, 0.2) is 65.7 Å². The summed E-state index contributed by atoms with van der Waals surface area (Å²) >= 11 is 0. The highest BCUT2D eigenvalue weighted by Crippen LogP contribution is 2.33. The summed E-state index contributed by atoms with van der Waals surface area (Å²) in [4.78, 5) is 17.6. The van der Waals surface area contributed by atoms with Crippen LogP contribution in [-0.2, 0) is 9.53 Å². The van der Waals surface area contributed by atoms with Gasteiger partial charge >= 0.3 is 6.18 Å². The largest absolute Gasteiger partial charge is 0.494 e. The van der Waals surface area contributed by atoms with Crippen LogP contribution in [0.1, 0.15) is 30.9 Å². The fraction of sp³-hybridized carbons (Fsp3) is 0.360. The van der Waals surface area contributed by atoms with Crippen LogP contribution >= 0.6 is 0 Å². The summed E-state index contributed by atoms with van der Waals surface area (Å²) in [5.41, 5.74) is 4.10. The molecule has 1 heterocycles. The van der Waals surface area contributed by atoms with Crippen molar-refractivity contribution >= 4 is 17.9 Å². The molecule has 0 spiro atoms. The molecule has 188 valence electrons. The maximum absolute atomic E-state index is 13.1. The summed E-state index contributed by atoms with van der Waals surface area (Å²) in [5.74, 6) is 0.0735. The quantitative estimate of drug-likeness (QED) is 0.330. The molecular formula is C25H28F3N3O4. The number of nitrogens with one attached hydrogen (secondary N) is 2. The van der Waals surface area contributed by atoms with Gasteiger partial charge in [-0.25, -0.2) is 10.4 Å². The number of hydrogen-bond acceptors (Lipinski definition) is 6. The molecule has 0 saturated heterocycles. The normalized spacial score (nSPS) is 19.9. The van der Waals surface area contributed by atoms with Gasteiger partial charge in [0.1, 0.15) is 18.4 Å². The Bertz CT molecular complexity index is 1030. The molecule has 2 aromatic rings. The number of halogens is 3. The SMILES string of the molecule is C[C@@H]1OC(c2ccc(OCCCO)cc2)=N[C@]1(C/C=C/c1ccccc1)C(=O)NNCC(F)(F)F. The molecule has 1 amide bonds. The minimum absolute atomic E-state index is 0.0291. The van der Waals surface area contributed by atoms with Gasteiger partial charge in [0, 0.05) is 25.0 Å². The van der Waals surface area contributed by atoms with E-state index in [1.165, 1.54) is 0 Å². The third kappa shape index (κ3) is 7.30. The maximum atomic E-state index is 13.1. The van der Waals surface area contributed by atoms with E-state index >= 15 is 0 Å². The van der Waals surface area contributed by atoms with Gasteiger partial charge in [-0.1, -0.05) is 42.5 Å². The van der Waals surface area contributed by atoms with Crippen LogP contribution in [0.25, 0.3) is 6.08 Å². The van der Waals surface area contributed by atoms with Crippen LogP contribution in [0.5, 0.6) is 5.75 Å². The summed E-state index contributed by atoms with van der Waals surface area (Å²) in [7, 11) is 0. The predicted molar refractivity (Wildman–Crippen MR) is 126 cm³/mol. The number of carbonyl (C=O) groups excluding carboxylic acids is 1. The first kappa shape index (κ1) is 26.2. The summed E-state index contributed by atoms with van der Waals surface area (Å²) in [6.45, 7) is 0.675. The topological polar surface area (TPSA) is 92.2 Å². The van der Waals surface area contributed by atoms with Crippen molar-refractivity contribution in [3.63, 3.8) is 0 Å². The molecule has 0 radical (unpaired) electrons. The van der Waals surface area contributed by atoms with Crippen molar-refractivity contribution in [3.05, 3.63) is 71.8 Å². The Morgan fingerprint density at radius 2 is 1.91 bits per heavy atom. The molecular weight excluding hydrogens is 463 g/mol. The Morgan fingerprint density at radius 1 is 1.20 bits per heavy atom. The van der Waals surface area contributed by atoms with E-state index in [1.807, 2.05) is 41.8 Å². The summed E-state index contributed by atoms with van der Waals surface area (Å²) in [6.07, 6.45) is -1.05. The lowest BCUT2D eigenvalue weighted by molar-refractivity contribution is -0.136. The van der Waals surface area contributed by atoms with Gasteiger partial charge in [0.25, 0.3) is 5.91 Å². The number of alkyl halides is 3. The van der Waals surface area contributed by atoms with Gasteiger partial charge in [0.05, 0.1) is 6.61 Å². The number of aliphatic imine (C=N–C) groups is 1. The molecule has 3 rings (SSSR count). The molecule has 10 heteroatoms. The van der Waals surface area contributed by atoms with Crippen molar-refractivity contribution in [1.29, 1.82) is 0 Å². The minimum atomic E-state index is -4.49. The smallest absolute Gasteiger partial charge is 0.402 e. The van der Waals surface area contributed by atoms with Gasteiger partial charge in [0.15, 0.2) is 5.54 Å². The van der Waals surface area contributed by atoms with Gasteiger partial charge in [-0.05, 0) is 36.8 Å². The van der Waals surface area contributed by atoms with E-state index in [1.54, 1.807) is 37.3 Å². The maximum Gasteiger partial charge on any atom is 0.402 e. The summed E-state index contributed by atoms with van der Waals surface area (Å²) in [6, 6.07) is 16.3. The van der Waals surface area contributed by atoms with Crippen molar-refractivity contribution in [2.24, 2.45) is 4.99 Å². The number of hydrazine groups is 1. The first-order valence-corrected chi connectivity index (χ1v) is 11.2. The third-order valence-electron chi connectivity index (χ3n) is 5.36. The van der Waals surface area contributed by atoms with E-state index in [2.05, 4.69) is 10.4 Å². The average Bonchev–Trinajstić information content (AvgIpc) is 3.17. The van der Waals surface area contributed by atoms with Crippen molar-refractivity contribution in [2.75, 3.05) is 19.8 Å². The van der Waals surface area contributed by atoms with Crippen molar-refractivity contribution in [2.45, 2.75) is 37.6 Å². The van der Waals surface area contributed by atoms with E-state index in [4.69, 9.17) is 14.6 Å². The molecule has 1 aliphatic rings. The standard InChI is InChI=1S/C25H28F3N3O4/c1-18-24(23(33)31-29-17-25(26,27)28,14-5-9-19-7-3-2-4-8-19)30-22(35-18)20-10-12-21(13-11-20)34-16-6-15-32/h2-5,7-13,18,29,32H,6,14-17H2,1H3,(H,31,33)/b9-5+/t18-,24-/m0/s1. The molecule has 7 nitrogen and oxygen atoms in total. The fourth-order valence-corrected chi connectivity index (χ4v) is 3.46. The second-order valence-corrected chi connectivity index (χ2v) is 7.99. The fourth-order valence-electron chi connectivity index (χ4n) is 3.46. The third-order valence-corrected chi connectivity index (χ3v) is 5.36. The summed E-state index contributed by atoms with van der Waals surface area (Å²) < 4.78 is 49.1. The Hall–Kier alpha value is -3.37. The van der Waals surface area contributed by atoms with Crippen molar-refractivity contribution < 1.29 is 32.5 Å². The van der Waals surface area contributed by atoms with Crippen LogP contribution in [0.2, 0.25) is 0 Å². The summed E-state index contributed by atoms with van der Waals surface area (Å²) in [5, 5.41) is 8.86. The molecule has 0 saturated carbocycles. The first-order valence-electron chi connectivity index (χ1n) is 11.2. The number of aliphatic hydroxyl groups excluding tert-OH is 1. The van der Waals surface area contributed by atoms with Crippen LogP contribution in [0.3, 0.4) is 0 Å². The molecule has 0 fully saturated rings. The van der Waals surface area contributed by atoms with Crippen LogP contribution in [0, 0.1) is 0 Å². The van der Waals surface area contributed by atoms with Crippen molar-refractivity contribution in [1.82, 2.24) is 10.9 Å². The number of hydrogen-bond donors (Lipinski definition) is 3. The van der Waals surface area contributed by atoms with E-state index in [9.17, 15) is 18.0 Å². The minimum Gasteiger partial charge on any atom is -0.494 e. The number of nitrogens with zero attached hydrogens (tertiary/aromatic N) is 1. The number of carbonyl (C=O) groups is 1. The van der Waals surface area contributed by atoms with E-state index < -0.39 is 30.3 Å².